The Hall–Kier alpha value is -1.76. The quantitative estimate of drug-likeness (QED) is 0.627. The summed E-state index contributed by atoms with van der Waals surface area (Å²) in [5, 5.41) is 5.51. The molecule has 0 unspecified atom stereocenters. The second-order valence-electron chi connectivity index (χ2n) is 5.09. The first kappa shape index (κ1) is 17.1. The highest BCUT2D eigenvalue weighted by Gasteiger charge is 2.08. The summed E-state index contributed by atoms with van der Waals surface area (Å²) in [6.45, 7) is 2.31. The topological polar surface area (TPSA) is 55.1 Å². The van der Waals surface area contributed by atoms with Crippen LogP contribution < -0.4 is 5.32 Å². The molecule has 4 nitrogen and oxygen atoms in total. The van der Waals surface area contributed by atoms with Crippen LogP contribution in [0.1, 0.15) is 11.5 Å². The van der Waals surface area contributed by atoms with Crippen LogP contribution in [-0.2, 0) is 11.3 Å². The highest BCUT2D eigenvalue weighted by atomic mass is 35.5. The van der Waals surface area contributed by atoms with E-state index in [1.807, 2.05) is 48.7 Å². The Kier molecular flexibility index (Phi) is 5.60. The van der Waals surface area contributed by atoms with E-state index >= 15 is 0 Å². The molecule has 0 aliphatic heterocycles. The second kappa shape index (κ2) is 7.88. The van der Waals surface area contributed by atoms with Gasteiger partial charge in [-0.1, -0.05) is 23.4 Å². The predicted molar refractivity (Wildman–Crippen MR) is 98.6 cm³/mol. The van der Waals surface area contributed by atoms with E-state index < -0.39 is 0 Å². The molecular formula is C17H15ClN2O2S2. The van der Waals surface area contributed by atoms with Crippen molar-refractivity contribution < 1.29 is 9.21 Å². The van der Waals surface area contributed by atoms with Gasteiger partial charge in [-0.05, 0) is 43.3 Å². The van der Waals surface area contributed by atoms with Crippen molar-refractivity contribution in [3.8, 4) is 11.3 Å². The van der Waals surface area contributed by atoms with Crippen LogP contribution in [0.5, 0.6) is 0 Å². The minimum atomic E-state index is -0.0442. The smallest absolute Gasteiger partial charge is 0.230 e. The molecule has 0 radical (unpaired) electrons. The Balaban J connectivity index is 1.49. The number of rotatable bonds is 6. The van der Waals surface area contributed by atoms with Crippen molar-refractivity contribution in [2.75, 3.05) is 5.75 Å². The summed E-state index contributed by atoms with van der Waals surface area (Å²) in [4.78, 5) is 16.2. The Morgan fingerprint density at radius 3 is 2.79 bits per heavy atom. The van der Waals surface area contributed by atoms with Gasteiger partial charge < -0.3 is 9.73 Å². The highest BCUT2D eigenvalue weighted by molar-refractivity contribution is 8.01. The molecule has 24 heavy (non-hydrogen) atoms. The highest BCUT2D eigenvalue weighted by Crippen LogP contribution is 2.24. The molecule has 0 spiro atoms. The molecule has 0 fully saturated rings. The first-order valence-electron chi connectivity index (χ1n) is 7.26. The second-order valence-corrected chi connectivity index (χ2v) is 7.61. The standard InChI is InChI=1S/C17H15ClN2O2S2/c1-11-9-23-17(20-11)24-10-16(21)19-8-14-6-7-15(22-14)12-2-4-13(18)5-3-12/h2-7,9H,8,10H2,1H3,(H,19,21). The van der Waals surface area contributed by atoms with Gasteiger partial charge in [-0.2, -0.15) is 0 Å². The van der Waals surface area contributed by atoms with Gasteiger partial charge in [-0.15, -0.1) is 11.3 Å². The number of nitrogens with one attached hydrogen (secondary N) is 1. The van der Waals surface area contributed by atoms with Crippen molar-refractivity contribution in [1.29, 1.82) is 0 Å². The minimum Gasteiger partial charge on any atom is -0.459 e. The van der Waals surface area contributed by atoms with E-state index in [2.05, 4.69) is 10.3 Å². The molecule has 3 rings (SSSR count). The maximum Gasteiger partial charge on any atom is 0.230 e. The van der Waals surface area contributed by atoms with Gasteiger partial charge in [-0.3, -0.25) is 4.79 Å². The zero-order valence-corrected chi connectivity index (χ0v) is 15.3. The van der Waals surface area contributed by atoms with Crippen LogP contribution in [0.2, 0.25) is 5.02 Å². The maximum atomic E-state index is 11.9. The molecule has 0 saturated carbocycles. The van der Waals surface area contributed by atoms with Gasteiger partial charge in [0.1, 0.15) is 11.5 Å². The summed E-state index contributed by atoms with van der Waals surface area (Å²) in [6, 6.07) is 11.2. The fraction of sp³-hybridized carbons (Fsp3) is 0.176. The Bertz CT molecular complexity index is 827. The third-order valence-corrected chi connectivity index (χ3v) is 5.57. The van der Waals surface area contributed by atoms with E-state index in [9.17, 15) is 4.79 Å². The number of aromatic nitrogens is 1. The first-order chi connectivity index (χ1) is 11.6. The summed E-state index contributed by atoms with van der Waals surface area (Å²) < 4.78 is 6.66. The summed E-state index contributed by atoms with van der Waals surface area (Å²) in [7, 11) is 0. The lowest BCUT2D eigenvalue weighted by Crippen LogP contribution is -2.24. The molecular weight excluding hydrogens is 364 g/mol. The molecule has 0 bridgehead atoms. The monoisotopic (exact) mass is 378 g/mol. The van der Waals surface area contributed by atoms with Crippen molar-refractivity contribution in [3.63, 3.8) is 0 Å². The summed E-state index contributed by atoms with van der Waals surface area (Å²) in [5.41, 5.74) is 1.93. The van der Waals surface area contributed by atoms with Gasteiger partial charge in [0.05, 0.1) is 12.3 Å². The minimum absolute atomic E-state index is 0.0442. The molecule has 7 heteroatoms. The van der Waals surface area contributed by atoms with Crippen LogP contribution in [-0.4, -0.2) is 16.6 Å². The van der Waals surface area contributed by atoms with E-state index in [1.165, 1.54) is 11.8 Å². The Labute approximate surface area is 153 Å². The van der Waals surface area contributed by atoms with Crippen LogP contribution in [0, 0.1) is 6.92 Å². The number of amides is 1. The lowest BCUT2D eigenvalue weighted by molar-refractivity contribution is -0.118. The van der Waals surface area contributed by atoms with Crippen molar-refractivity contribution in [2.45, 2.75) is 17.8 Å². The molecule has 124 valence electrons. The lowest BCUT2D eigenvalue weighted by atomic mass is 10.2. The number of aryl methyl sites for hydroxylation is 1. The van der Waals surface area contributed by atoms with Gasteiger partial charge in [-0.25, -0.2) is 4.98 Å². The van der Waals surface area contributed by atoms with E-state index in [4.69, 9.17) is 16.0 Å². The molecule has 3 aromatic rings. The first-order valence-corrected chi connectivity index (χ1v) is 9.51. The Morgan fingerprint density at radius 2 is 2.08 bits per heavy atom. The normalized spacial score (nSPS) is 10.8. The van der Waals surface area contributed by atoms with Gasteiger partial charge in [0.25, 0.3) is 0 Å². The Morgan fingerprint density at radius 1 is 1.29 bits per heavy atom. The van der Waals surface area contributed by atoms with Crippen LogP contribution >= 0.6 is 34.7 Å². The zero-order chi connectivity index (χ0) is 16.9. The van der Waals surface area contributed by atoms with E-state index in [1.54, 1.807) is 11.3 Å². The molecule has 2 heterocycles. The average molecular weight is 379 g/mol. The summed E-state index contributed by atoms with van der Waals surface area (Å²) in [5.74, 6) is 1.77. The predicted octanol–water partition coefficient (Wildman–Crippen LogP) is 4.77. The molecule has 1 aromatic carbocycles. The average Bonchev–Trinajstić information content (AvgIpc) is 3.21. The van der Waals surface area contributed by atoms with Crippen LogP contribution in [0.4, 0.5) is 0 Å². The fourth-order valence-corrected chi connectivity index (χ4v) is 3.81. The zero-order valence-electron chi connectivity index (χ0n) is 12.9. The van der Waals surface area contributed by atoms with E-state index in [0.29, 0.717) is 23.1 Å². The van der Waals surface area contributed by atoms with Crippen molar-refractivity contribution in [2.24, 2.45) is 0 Å². The molecule has 2 aromatic heterocycles. The van der Waals surface area contributed by atoms with Crippen molar-refractivity contribution in [3.05, 3.63) is 58.3 Å². The SMILES string of the molecule is Cc1csc(SCC(=O)NCc2ccc(-c3ccc(Cl)cc3)o2)n1. The lowest BCUT2D eigenvalue weighted by Gasteiger charge is -2.02. The number of carbonyl (C=O) groups excluding carboxylic acids is 1. The molecule has 0 saturated heterocycles. The van der Waals surface area contributed by atoms with Crippen LogP contribution in [0.15, 0.2) is 50.5 Å². The number of thioether (sulfide) groups is 1. The van der Waals surface area contributed by atoms with E-state index in [0.717, 1.165) is 21.4 Å². The van der Waals surface area contributed by atoms with Crippen molar-refractivity contribution in [1.82, 2.24) is 10.3 Å². The number of carbonyl (C=O) groups is 1. The van der Waals surface area contributed by atoms with Gasteiger partial charge in [0.15, 0.2) is 4.34 Å². The molecule has 1 N–H and O–H groups in total. The molecule has 0 aliphatic rings. The number of hydrogen-bond acceptors (Lipinski definition) is 5. The number of thiazole rings is 1. The third kappa shape index (κ3) is 4.63. The number of halogens is 1. The number of nitrogens with zero attached hydrogens (tertiary/aromatic N) is 1. The van der Waals surface area contributed by atoms with Gasteiger partial charge in [0.2, 0.25) is 5.91 Å². The van der Waals surface area contributed by atoms with Gasteiger partial charge in [0, 0.05) is 21.7 Å². The summed E-state index contributed by atoms with van der Waals surface area (Å²) >= 11 is 8.87. The third-order valence-electron chi connectivity index (χ3n) is 3.17. The molecule has 0 atom stereocenters. The molecule has 0 aliphatic carbocycles. The van der Waals surface area contributed by atoms with Crippen LogP contribution in [0.3, 0.4) is 0 Å². The van der Waals surface area contributed by atoms with E-state index in [-0.39, 0.29) is 5.91 Å². The number of hydrogen-bond donors (Lipinski definition) is 1. The van der Waals surface area contributed by atoms with Gasteiger partial charge >= 0.3 is 0 Å². The summed E-state index contributed by atoms with van der Waals surface area (Å²) in [6.07, 6.45) is 0. The number of furan rings is 1. The molecule has 1 amide bonds. The van der Waals surface area contributed by atoms with Crippen LogP contribution in [0.25, 0.3) is 11.3 Å². The van der Waals surface area contributed by atoms with Crippen molar-refractivity contribution >= 4 is 40.6 Å². The fourth-order valence-electron chi connectivity index (χ4n) is 2.00. The number of benzene rings is 1. The largest absolute Gasteiger partial charge is 0.459 e. The maximum absolute atomic E-state index is 11.9.